The molecule has 0 aliphatic carbocycles. The first-order valence-electron chi connectivity index (χ1n) is 6.96. The first-order chi connectivity index (χ1) is 11.9. The molecule has 0 unspecified atom stereocenters. The fourth-order valence-electron chi connectivity index (χ4n) is 2.33. The van der Waals surface area contributed by atoms with Gasteiger partial charge in [-0.15, -0.1) is 21.5 Å². The van der Waals surface area contributed by atoms with Crippen molar-refractivity contribution in [3.05, 3.63) is 36.0 Å². The Morgan fingerprint density at radius 3 is 3.00 bits per heavy atom. The molecule has 0 N–H and O–H groups in total. The molecule has 0 radical (unpaired) electrons. The van der Waals surface area contributed by atoms with E-state index >= 15 is 0 Å². The van der Waals surface area contributed by atoms with Crippen molar-refractivity contribution in [1.82, 2.24) is 20.2 Å². The van der Waals surface area contributed by atoms with Crippen molar-refractivity contribution in [2.24, 2.45) is 0 Å². The summed E-state index contributed by atoms with van der Waals surface area (Å²) in [6.45, 7) is 0.230. The maximum Gasteiger partial charge on any atom is 0.283 e. The highest BCUT2D eigenvalue weighted by atomic mass is 32.2. The Bertz CT molecular complexity index is 1050. The quantitative estimate of drug-likeness (QED) is 0.515. The van der Waals surface area contributed by atoms with Crippen molar-refractivity contribution in [2.75, 3.05) is 6.79 Å². The van der Waals surface area contributed by atoms with E-state index in [0.29, 0.717) is 22.6 Å². The first-order valence-corrected chi connectivity index (χ1v) is 8.66. The van der Waals surface area contributed by atoms with Crippen molar-refractivity contribution >= 4 is 33.3 Å². The largest absolute Gasteiger partial charge is 0.454 e. The van der Waals surface area contributed by atoms with Gasteiger partial charge in [0.25, 0.3) is 5.22 Å². The molecule has 1 aromatic carbocycles. The summed E-state index contributed by atoms with van der Waals surface area (Å²) in [5.41, 5.74) is 0.780. The lowest BCUT2D eigenvalue weighted by Crippen LogP contribution is -1.92. The van der Waals surface area contributed by atoms with E-state index in [1.54, 1.807) is 11.3 Å². The molecule has 1 aliphatic rings. The van der Waals surface area contributed by atoms with Crippen molar-refractivity contribution in [1.29, 1.82) is 0 Å². The van der Waals surface area contributed by atoms with Crippen molar-refractivity contribution in [2.45, 2.75) is 10.2 Å². The number of fused-ring (bicyclic) bond motifs is 2. The van der Waals surface area contributed by atoms with Gasteiger partial charge in [0.05, 0.1) is 0 Å². The molecule has 7 nitrogen and oxygen atoms in total. The van der Waals surface area contributed by atoms with Gasteiger partial charge in [0, 0.05) is 10.9 Å². The SMILES string of the molecule is c1nc(Sc2nnc(-c3ccc4c(c3)OCO4)o2)c2ccsc2n1. The van der Waals surface area contributed by atoms with Crippen LogP contribution in [0.25, 0.3) is 21.7 Å². The molecule has 4 heterocycles. The molecule has 0 spiro atoms. The number of benzene rings is 1. The average Bonchev–Trinajstić information content (AvgIpc) is 3.34. The Balaban J connectivity index is 1.46. The summed E-state index contributed by atoms with van der Waals surface area (Å²) >= 11 is 2.89. The predicted octanol–water partition coefficient (Wildman–Crippen LogP) is 3.62. The lowest BCUT2D eigenvalue weighted by molar-refractivity contribution is 0.174. The first kappa shape index (κ1) is 13.8. The molecule has 0 saturated carbocycles. The molecule has 1 aliphatic heterocycles. The Hall–Kier alpha value is -2.65. The van der Waals surface area contributed by atoms with E-state index in [-0.39, 0.29) is 6.79 Å². The molecule has 0 bridgehead atoms. The summed E-state index contributed by atoms with van der Waals surface area (Å²) in [7, 11) is 0. The number of rotatable bonds is 3. The fraction of sp³-hybridized carbons (Fsp3) is 0.0667. The van der Waals surface area contributed by atoms with Gasteiger partial charge in [-0.25, -0.2) is 9.97 Å². The van der Waals surface area contributed by atoms with Gasteiger partial charge in [-0.1, -0.05) is 0 Å². The summed E-state index contributed by atoms with van der Waals surface area (Å²) in [6, 6.07) is 7.49. The topological polar surface area (TPSA) is 83.2 Å². The molecule has 3 aromatic heterocycles. The number of nitrogens with zero attached hydrogens (tertiary/aromatic N) is 4. The normalized spacial score (nSPS) is 12.8. The van der Waals surface area contributed by atoms with Gasteiger partial charge in [0.1, 0.15) is 16.2 Å². The number of hydrogen-bond donors (Lipinski definition) is 0. The second-order valence-corrected chi connectivity index (χ2v) is 6.70. The third kappa shape index (κ3) is 2.29. The van der Waals surface area contributed by atoms with E-state index in [1.807, 2.05) is 29.6 Å². The molecule has 0 amide bonds. The molecular weight excluding hydrogens is 348 g/mol. The molecular formula is C15H8N4O3S2. The Labute approximate surface area is 143 Å². The van der Waals surface area contributed by atoms with Gasteiger partial charge in [-0.05, 0) is 41.4 Å². The van der Waals surface area contributed by atoms with Crippen LogP contribution in [0.15, 0.2) is 50.6 Å². The van der Waals surface area contributed by atoms with Gasteiger partial charge < -0.3 is 13.9 Å². The van der Waals surface area contributed by atoms with Crippen molar-refractivity contribution in [3.63, 3.8) is 0 Å². The van der Waals surface area contributed by atoms with Gasteiger partial charge in [0.15, 0.2) is 11.5 Å². The van der Waals surface area contributed by atoms with E-state index in [4.69, 9.17) is 13.9 Å². The zero-order valence-corrected chi connectivity index (χ0v) is 13.6. The van der Waals surface area contributed by atoms with E-state index < -0.39 is 0 Å². The zero-order chi connectivity index (χ0) is 15.9. The van der Waals surface area contributed by atoms with Crippen LogP contribution in [0.4, 0.5) is 0 Å². The smallest absolute Gasteiger partial charge is 0.283 e. The third-order valence-electron chi connectivity index (χ3n) is 3.44. The van der Waals surface area contributed by atoms with Crippen molar-refractivity contribution in [3.8, 4) is 23.0 Å². The molecule has 9 heteroatoms. The molecule has 0 saturated heterocycles. The predicted molar refractivity (Wildman–Crippen MR) is 87.4 cm³/mol. The van der Waals surface area contributed by atoms with Gasteiger partial charge >= 0.3 is 0 Å². The lowest BCUT2D eigenvalue weighted by Gasteiger charge is -1.98. The molecule has 0 fully saturated rings. The minimum absolute atomic E-state index is 0.230. The van der Waals surface area contributed by atoms with Gasteiger partial charge in [0.2, 0.25) is 12.7 Å². The zero-order valence-electron chi connectivity index (χ0n) is 12.0. The van der Waals surface area contributed by atoms with Crippen LogP contribution in [0.1, 0.15) is 0 Å². The molecule has 0 atom stereocenters. The number of aromatic nitrogens is 4. The standard InChI is InChI=1S/C15H8N4O3S2/c1-2-10-11(21-7-20-10)5-8(1)12-18-19-15(22-12)24-14-9-3-4-23-13(9)16-6-17-14/h1-6H,7H2. The maximum absolute atomic E-state index is 5.75. The highest BCUT2D eigenvalue weighted by Crippen LogP contribution is 2.37. The summed E-state index contributed by atoms with van der Waals surface area (Å²) in [6.07, 6.45) is 1.54. The van der Waals surface area contributed by atoms with Crippen LogP contribution in [0.5, 0.6) is 11.5 Å². The van der Waals surface area contributed by atoms with Crippen LogP contribution in [-0.2, 0) is 0 Å². The van der Waals surface area contributed by atoms with E-state index in [9.17, 15) is 0 Å². The lowest BCUT2D eigenvalue weighted by atomic mass is 10.2. The Morgan fingerprint density at radius 2 is 2.00 bits per heavy atom. The highest BCUT2D eigenvalue weighted by Gasteiger charge is 2.17. The van der Waals surface area contributed by atoms with Crippen LogP contribution >= 0.6 is 23.1 Å². The van der Waals surface area contributed by atoms with Crippen LogP contribution in [0, 0.1) is 0 Å². The molecule has 4 aromatic rings. The number of ether oxygens (including phenoxy) is 2. The van der Waals surface area contributed by atoms with E-state index in [1.165, 1.54) is 18.1 Å². The van der Waals surface area contributed by atoms with E-state index in [2.05, 4.69) is 20.2 Å². The van der Waals surface area contributed by atoms with Gasteiger partial charge in [-0.2, -0.15) is 0 Å². The molecule has 5 rings (SSSR count). The number of hydrogen-bond acceptors (Lipinski definition) is 9. The average molecular weight is 356 g/mol. The third-order valence-corrected chi connectivity index (χ3v) is 5.11. The maximum atomic E-state index is 5.75. The van der Waals surface area contributed by atoms with Crippen LogP contribution < -0.4 is 9.47 Å². The van der Waals surface area contributed by atoms with Crippen LogP contribution in [0.2, 0.25) is 0 Å². The van der Waals surface area contributed by atoms with Crippen LogP contribution in [-0.4, -0.2) is 27.0 Å². The number of thiophene rings is 1. The second-order valence-electron chi connectivity index (χ2n) is 4.86. The highest BCUT2D eigenvalue weighted by molar-refractivity contribution is 7.99. The summed E-state index contributed by atoms with van der Waals surface area (Å²) < 4.78 is 16.4. The van der Waals surface area contributed by atoms with Gasteiger partial charge in [-0.3, -0.25) is 0 Å². The van der Waals surface area contributed by atoms with Crippen LogP contribution in [0.3, 0.4) is 0 Å². The molecule has 24 heavy (non-hydrogen) atoms. The van der Waals surface area contributed by atoms with E-state index in [0.717, 1.165) is 20.8 Å². The monoisotopic (exact) mass is 356 g/mol. The summed E-state index contributed by atoms with van der Waals surface area (Å²) in [4.78, 5) is 9.46. The minimum atomic E-state index is 0.230. The Morgan fingerprint density at radius 1 is 1.04 bits per heavy atom. The minimum Gasteiger partial charge on any atom is -0.454 e. The Kier molecular flexibility index (Phi) is 3.13. The molecule has 118 valence electrons. The summed E-state index contributed by atoms with van der Waals surface area (Å²) in [5, 5.41) is 12.4. The summed E-state index contributed by atoms with van der Waals surface area (Å²) in [5.74, 6) is 1.82. The van der Waals surface area contributed by atoms with Crippen molar-refractivity contribution < 1.29 is 13.9 Å². The fourth-order valence-corrected chi connectivity index (χ4v) is 3.87. The second kappa shape index (κ2) is 5.46.